The number of fused-ring (bicyclic) bond motifs is 3. The molecule has 0 aliphatic carbocycles. The van der Waals surface area contributed by atoms with Gasteiger partial charge in [0.15, 0.2) is 11.6 Å². The van der Waals surface area contributed by atoms with Crippen molar-refractivity contribution < 1.29 is 4.74 Å². The highest BCUT2D eigenvalue weighted by molar-refractivity contribution is 5.73. The van der Waals surface area contributed by atoms with E-state index in [0.29, 0.717) is 18.0 Å². The number of hydrogen-bond acceptors (Lipinski definition) is 4. The first-order chi connectivity index (χ1) is 7.77. The summed E-state index contributed by atoms with van der Waals surface area (Å²) in [5, 5.41) is 8.07. The van der Waals surface area contributed by atoms with Crippen molar-refractivity contribution in [3.63, 3.8) is 0 Å². The number of hydrogen-bond donors (Lipinski definition) is 1. The monoisotopic (exact) mass is 216 g/mol. The average molecular weight is 216 g/mol. The average Bonchev–Trinajstić information content (AvgIpc) is 2.71. The third-order valence-electron chi connectivity index (χ3n) is 2.80. The molecule has 1 aliphatic heterocycles. The lowest BCUT2D eigenvalue weighted by Crippen LogP contribution is -2.11. The van der Waals surface area contributed by atoms with E-state index in [4.69, 9.17) is 10.5 Å². The van der Waals surface area contributed by atoms with Crippen molar-refractivity contribution in [3.05, 3.63) is 24.5 Å². The first kappa shape index (κ1) is 9.21. The van der Waals surface area contributed by atoms with Gasteiger partial charge >= 0.3 is 0 Å². The molecule has 1 aromatic carbocycles. The quantitative estimate of drug-likeness (QED) is 0.677. The van der Waals surface area contributed by atoms with E-state index in [9.17, 15) is 0 Å². The molecular formula is C11H12N4O. The van der Waals surface area contributed by atoms with E-state index in [1.807, 2.05) is 22.8 Å². The van der Waals surface area contributed by atoms with Crippen LogP contribution in [0.15, 0.2) is 24.5 Å². The molecule has 0 amide bonds. The maximum absolute atomic E-state index is 5.90. The molecule has 0 spiro atoms. The number of benzene rings is 1. The number of aromatic nitrogens is 3. The van der Waals surface area contributed by atoms with Crippen LogP contribution in [0.1, 0.15) is 13.0 Å². The molecule has 2 heterocycles. The zero-order valence-electron chi connectivity index (χ0n) is 8.92. The van der Waals surface area contributed by atoms with Gasteiger partial charge in [0.2, 0.25) is 0 Å². The number of nitrogen functional groups attached to an aromatic ring is 1. The summed E-state index contributed by atoms with van der Waals surface area (Å²) in [4.78, 5) is 0. The molecule has 1 atom stereocenters. The first-order valence-electron chi connectivity index (χ1n) is 5.18. The third kappa shape index (κ3) is 1.18. The second kappa shape index (κ2) is 3.23. The number of rotatable bonds is 0. The summed E-state index contributed by atoms with van der Waals surface area (Å²) >= 11 is 0. The summed E-state index contributed by atoms with van der Waals surface area (Å²) in [5.41, 5.74) is 7.44. The number of ether oxygens (including phenoxy) is 1. The number of nitrogens with two attached hydrogens (primary N) is 1. The highest BCUT2D eigenvalue weighted by Crippen LogP contribution is 2.37. The van der Waals surface area contributed by atoms with Crippen LogP contribution in [0.5, 0.6) is 5.75 Å². The molecule has 0 radical (unpaired) electrons. The zero-order valence-corrected chi connectivity index (χ0v) is 8.92. The molecule has 0 bridgehead atoms. The van der Waals surface area contributed by atoms with Crippen LogP contribution in [0.4, 0.5) is 5.69 Å². The zero-order chi connectivity index (χ0) is 11.1. The smallest absolute Gasteiger partial charge is 0.167 e. The van der Waals surface area contributed by atoms with Gasteiger partial charge in [-0.05, 0) is 19.1 Å². The van der Waals surface area contributed by atoms with Crippen LogP contribution in [0, 0.1) is 0 Å². The van der Waals surface area contributed by atoms with E-state index in [1.54, 1.807) is 6.33 Å². The topological polar surface area (TPSA) is 66.0 Å². The minimum Gasteiger partial charge on any atom is -0.488 e. The highest BCUT2D eigenvalue weighted by Gasteiger charge is 2.22. The molecule has 0 saturated heterocycles. The fourth-order valence-electron chi connectivity index (χ4n) is 1.93. The second-order valence-electron chi connectivity index (χ2n) is 3.95. The first-order valence-corrected chi connectivity index (χ1v) is 5.18. The molecule has 16 heavy (non-hydrogen) atoms. The molecular weight excluding hydrogens is 204 g/mol. The van der Waals surface area contributed by atoms with Crippen molar-refractivity contribution in [2.75, 3.05) is 12.3 Å². The number of anilines is 1. The van der Waals surface area contributed by atoms with Crippen LogP contribution in [0.25, 0.3) is 11.4 Å². The van der Waals surface area contributed by atoms with Crippen molar-refractivity contribution in [1.29, 1.82) is 0 Å². The lowest BCUT2D eigenvalue weighted by atomic mass is 10.1. The van der Waals surface area contributed by atoms with E-state index in [0.717, 1.165) is 11.4 Å². The SMILES string of the molecule is CC1COc2c(N)cccc2-c2nncn21. The van der Waals surface area contributed by atoms with Crippen molar-refractivity contribution >= 4 is 5.69 Å². The Hall–Kier alpha value is -2.04. The van der Waals surface area contributed by atoms with Gasteiger partial charge in [0.1, 0.15) is 12.9 Å². The maximum atomic E-state index is 5.90. The summed E-state index contributed by atoms with van der Waals surface area (Å²) in [6, 6.07) is 5.88. The maximum Gasteiger partial charge on any atom is 0.167 e. The van der Waals surface area contributed by atoms with Crippen LogP contribution in [0.3, 0.4) is 0 Å². The van der Waals surface area contributed by atoms with Gasteiger partial charge in [-0.3, -0.25) is 0 Å². The predicted octanol–water partition coefficient (Wildman–Crippen LogP) is 1.48. The summed E-state index contributed by atoms with van der Waals surface area (Å²) < 4.78 is 7.72. The Labute approximate surface area is 92.9 Å². The number of nitrogens with zero attached hydrogens (tertiary/aromatic N) is 3. The van der Waals surface area contributed by atoms with E-state index in [-0.39, 0.29) is 6.04 Å². The van der Waals surface area contributed by atoms with Crippen LogP contribution in [-0.4, -0.2) is 21.4 Å². The summed E-state index contributed by atoms with van der Waals surface area (Å²) in [6.45, 7) is 2.64. The molecule has 2 aromatic rings. The Bertz CT molecular complexity index is 535. The van der Waals surface area contributed by atoms with Crippen molar-refractivity contribution in [2.24, 2.45) is 0 Å². The summed E-state index contributed by atoms with van der Waals surface area (Å²) in [7, 11) is 0. The summed E-state index contributed by atoms with van der Waals surface area (Å²) in [6.07, 6.45) is 1.72. The van der Waals surface area contributed by atoms with Gasteiger partial charge in [-0.15, -0.1) is 10.2 Å². The molecule has 1 aliphatic rings. The van der Waals surface area contributed by atoms with Crippen molar-refractivity contribution in [3.8, 4) is 17.1 Å². The van der Waals surface area contributed by atoms with E-state index in [2.05, 4.69) is 17.1 Å². The Morgan fingerprint density at radius 1 is 1.50 bits per heavy atom. The Balaban J connectivity index is 2.29. The molecule has 1 aromatic heterocycles. The van der Waals surface area contributed by atoms with Gasteiger partial charge < -0.3 is 15.0 Å². The van der Waals surface area contributed by atoms with Gasteiger partial charge in [0.25, 0.3) is 0 Å². The van der Waals surface area contributed by atoms with E-state index in [1.165, 1.54) is 0 Å². The molecule has 2 N–H and O–H groups in total. The van der Waals surface area contributed by atoms with Gasteiger partial charge in [0, 0.05) is 0 Å². The minimum absolute atomic E-state index is 0.205. The minimum atomic E-state index is 0.205. The Morgan fingerprint density at radius 3 is 3.25 bits per heavy atom. The van der Waals surface area contributed by atoms with Crippen molar-refractivity contribution in [1.82, 2.24) is 14.8 Å². The highest BCUT2D eigenvalue weighted by atomic mass is 16.5. The van der Waals surface area contributed by atoms with Crippen LogP contribution >= 0.6 is 0 Å². The van der Waals surface area contributed by atoms with Crippen LogP contribution in [0.2, 0.25) is 0 Å². The molecule has 3 rings (SSSR count). The fraction of sp³-hybridized carbons (Fsp3) is 0.273. The molecule has 0 saturated carbocycles. The lowest BCUT2D eigenvalue weighted by Gasteiger charge is -2.11. The molecule has 1 unspecified atom stereocenters. The molecule has 82 valence electrons. The molecule has 5 heteroatoms. The van der Waals surface area contributed by atoms with E-state index < -0.39 is 0 Å². The summed E-state index contributed by atoms with van der Waals surface area (Å²) in [5.74, 6) is 1.52. The lowest BCUT2D eigenvalue weighted by molar-refractivity contribution is 0.270. The van der Waals surface area contributed by atoms with Crippen molar-refractivity contribution in [2.45, 2.75) is 13.0 Å². The fourth-order valence-corrected chi connectivity index (χ4v) is 1.93. The largest absolute Gasteiger partial charge is 0.488 e. The second-order valence-corrected chi connectivity index (χ2v) is 3.95. The van der Waals surface area contributed by atoms with Gasteiger partial charge in [0.05, 0.1) is 17.3 Å². The standard InChI is InChI=1S/C11H12N4O/c1-7-5-16-10-8(3-2-4-9(10)12)11-14-13-6-15(7)11/h2-4,6-7H,5,12H2,1H3. The van der Waals surface area contributed by atoms with Gasteiger partial charge in [-0.1, -0.05) is 6.07 Å². The predicted molar refractivity (Wildman–Crippen MR) is 60.1 cm³/mol. The van der Waals surface area contributed by atoms with Gasteiger partial charge in [-0.25, -0.2) is 0 Å². The molecule has 5 nitrogen and oxygen atoms in total. The normalized spacial score (nSPS) is 18.2. The molecule has 0 fully saturated rings. The van der Waals surface area contributed by atoms with Crippen LogP contribution < -0.4 is 10.5 Å². The Kier molecular flexibility index (Phi) is 1.86. The Morgan fingerprint density at radius 2 is 2.38 bits per heavy atom. The van der Waals surface area contributed by atoms with Crippen LogP contribution in [-0.2, 0) is 0 Å². The van der Waals surface area contributed by atoms with Gasteiger partial charge in [-0.2, -0.15) is 0 Å². The van der Waals surface area contributed by atoms with E-state index >= 15 is 0 Å². The number of para-hydroxylation sites is 1. The third-order valence-corrected chi connectivity index (χ3v) is 2.80.